The fourth-order valence-electron chi connectivity index (χ4n) is 1.43. The Kier molecular flexibility index (Phi) is 4.93. The molecule has 0 saturated carbocycles. The molecule has 1 aromatic carbocycles. The zero-order chi connectivity index (χ0) is 11.1. The van der Waals surface area contributed by atoms with Crippen molar-refractivity contribution in [1.29, 1.82) is 0 Å². The predicted octanol–water partition coefficient (Wildman–Crippen LogP) is 1.38. The Bertz CT molecular complexity index is 288. The molecule has 0 radical (unpaired) electrons. The van der Waals surface area contributed by atoms with Crippen LogP contribution >= 0.6 is 0 Å². The van der Waals surface area contributed by atoms with Crippen molar-refractivity contribution in [3.8, 4) is 0 Å². The van der Waals surface area contributed by atoms with Gasteiger partial charge in [-0.2, -0.15) is 0 Å². The monoisotopic (exact) mass is 208 g/mol. The number of hydrazine groups is 1. The first-order chi connectivity index (χ1) is 7.27. The highest BCUT2D eigenvalue weighted by atomic mass is 15.2. The Morgan fingerprint density at radius 3 is 2.53 bits per heavy atom. The van der Waals surface area contributed by atoms with Crippen LogP contribution in [0.4, 0.5) is 11.4 Å². The Morgan fingerprint density at radius 1 is 1.27 bits per heavy atom. The molecular formula is C11H20N4. The minimum atomic E-state index is 0.423. The van der Waals surface area contributed by atoms with Crippen LogP contribution in [-0.4, -0.2) is 19.6 Å². The molecule has 0 aromatic heterocycles. The van der Waals surface area contributed by atoms with E-state index in [-0.39, 0.29) is 0 Å². The maximum atomic E-state index is 5.42. The summed E-state index contributed by atoms with van der Waals surface area (Å²) in [6.07, 6.45) is 1.08. The molecule has 1 unspecified atom stereocenters. The van der Waals surface area contributed by atoms with E-state index < -0.39 is 0 Å². The summed E-state index contributed by atoms with van der Waals surface area (Å²) in [5, 5.41) is 6.55. The van der Waals surface area contributed by atoms with Gasteiger partial charge in [0, 0.05) is 6.04 Å². The largest absolute Gasteiger partial charge is 0.381 e. The number of nitrogens with two attached hydrogens (primary N) is 1. The molecule has 0 amide bonds. The molecule has 84 valence electrons. The van der Waals surface area contributed by atoms with Crippen LogP contribution < -0.4 is 21.9 Å². The molecule has 0 aliphatic carbocycles. The van der Waals surface area contributed by atoms with E-state index in [0.717, 1.165) is 24.3 Å². The molecule has 0 aliphatic rings. The number of anilines is 2. The van der Waals surface area contributed by atoms with Gasteiger partial charge in [0.25, 0.3) is 0 Å². The summed E-state index contributed by atoms with van der Waals surface area (Å²) in [7, 11) is 1.96. The molecule has 0 spiro atoms. The first-order valence-corrected chi connectivity index (χ1v) is 5.24. The molecule has 0 heterocycles. The summed E-state index contributed by atoms with van der Waals surface area (Å²) in [4.78, 5) is 0. The molecule has 0 saturated heterocycles. The van der Waals surface area contributed by atoms with Gasteiger partial charge in [-0.05, 0) is 39.1 Å². The number of hydrogen-bond acceptors (Lipinski definition) is 4. The van der Waals surface area contributed by atoms with Gasteiger partial charge in [0.1, 0.15) is 0 Å². The standard InChI is InChI=1S/C11H20N4/c1-9(7-8-13-2)14-10-5-3-4-6-11(10)15-12/h3-6,9,13-15H,7-8,12H2,1-2H3. The van der Waals surface area contributed by atoms with E-state index in [0.29, 0.717) is 6.04 Å². The lowest BCUT2D eigenvalue weighted by molar-refractivity contribution is 0.656. The van der Waals surface area contributed by atoms with Crippen molar-refractivity contribution in [1.82, 2.24) is 5.32 Å². The molecule has 0 fully saturated rings. The van der Waals surface area contributed by atoms with Gasteiger partial charge >= 0.3 is 0 Å². The van der Waals surface area contributed by atoms with Crippen LogP contribution in [0.5, 0.6) is 0 Å². The van der Waals surface area contributed by atoms with E-state index in [4.69, 9.17) is 5.84 Å². The van der Waals surface area contributed by atoms with Crippen LogP contribution in [0.2, 0.25) is 0 Å². The zero-order valence-electron chi connectivity index (χ0n) is 9.38. The summed E-state index contributed by atoms with van der Waals surface area (Å²) in [5.74, 6) is 5.42. The molecule has 1 aromatic rings. The lowest BCUT2D eigenvalue weighted by Gasteiger charge is -2.17. The van der Waals surface area contributed by atoms with Crippen molar-refractivity contribution in [2.45, 2.75) is 19.4 Å². The lowest BCUT2D eigenvalue weighted by Crippen LogP contribution is -2.22. The number of hydrogen-bond donors (Lipinski definition) is 4. The highest BCUT2D eigenvalue weighted by molar-refractivity contribution is 5.68. The van der Waals surface area contributed by atoms with E-state index in [1.54, 1.807) is 0 Å². The highest BCUT2D eigenvalue weighted by Gasteiger charge is 2.04. The summed E-state index contributed by atoms with van der Waals surface area (Å²) < 4.78 is 0. The number of rotatable bonds is 6. The molecule has 15 heavy (non-hydrogen) atoms. The van der Waals surface area contributed by atoms with Crippen molar-refractivity contribution >= 4 is 11.4 Å². The SMILES string of the molecule is CNCCC(C)Nc1ccccc1NN. The lowest BCUT2D eigenvalue weighted by atomic mass is 10.2. The maximum Gasteiger partial charge on any atom is 0.0718 e. The molecule has 5 N–H and O–H groups in total. The van der Waals surface area contributed by atoms with E-state index in [1.165, 1.54) is 0 Å². The smallest absolute Gasteiger partial charge is 0.0718 e. The van der Waals surface area contributed by atoms with Gasteiger partial charge in [-0.3, -0.25) is 5.84 Å². The normalized spacial score (nSPS) is 12.2. The first kappa shape index (κ1) is 11.8. The molecule has 4 nitrogen and oxygen atoms in total. The van der Waals surface area contributed by atoms with Crippen molar-refractivity contribution in [2.75, 3.05) is 24.3 Å². The Balaban J connectivity index is 2.55. The van der Waals surface area contributed by atoms with Crippen molar-refractivity contribution in [2.24, 2.45) is 5.84 Å². The summed E-state index contributed by atoms with van der Waals surface area (Å²) in [6.45, 7) is 3.16. The number of para-hydroxylation sites is 2. The van der Waals surface area contributed by atoms with Crippen molar-refractivity contribution in [3.05, 3.63) is 24.3 Å². The van der Waals surface area contributed by atoms with Gasteiger partial charge in [0.05, 0.1) is 11.4 Å². The van der Waals surface area contributed by atoms with E-state index in [2.05, 4.69) is 23.0 Å². The van der Waals surface area contributed by atoms with Crippen LogP contribution in [0.15, 0.2) is 24.3 Å². The third-order valence-electron chi connectivity index (χ3n) is 2.31. The van der Waals surface area contributed by atoms with E-state index in [1.807, 2.05) is 31.3 Å². The highest BCUT2D eigenvalue weighted by Crippen LogP contribution is 2.20. The summed E-state index contributed by atoms with van der Waals surface area (Å²) in [6, 6.07) is 8.34. The quantitative estimate of drug-likeness (QED) is 0.421. The average Bonchev–Trinajstić information content (AvgIpc) is 2.27. The van der Waals surface area contributed by atoms with Gasteiger partial charge in [-0.15, -0.1) is 0 Å². The second-order valence-corrected chi connectivity index (χ2v) is 3.63. The van der Waals surface area contributed by atoms with Gasteiger partial charge in [0.15, 0.2) is 0 Å². The number of benzene rings is 1. The van der Waals surface area contributed by atoms with Crippen molar-refractivity contribution < 1.29 is 0 Å². The van der Waals surface area contributed by atoms with E-state index in [9.17, 15) is 0 Å². The molecule has 4 heteroatoms. The fourth-order valence-corrected chi connectivity index (χ4v) is 1.43. The summed E-state index contributed by atoms with van der Waals surface area (Å²) >= 11 is 0. The van der Waals surface area contributed by atoms with Crippen LogP contribution in [-0.2, 0) is 0 Å². The zero-order valence-corrected chi connectivity index (χ0v) is 9.38. The van der Waals surface area contributed by atoms with Crippen LogP contribution in [0.1, 0.15) is 13.3 Å². The van der Waals surface area contributed by atoms with E-state index >= 15 is 0 Å². The van der Waals surface area contributed by atoms with Crippen LogP contribution in [0.3, 0.4) is 0 Å². The molecule has 0 aliphatic heterocycles. The topological polar surface area (TPSA) is 62.1 Å². The third kappa shape index (κ3) is 3.77. The van der Waals surface area contributed by atoms with Gasteiger partial charge in [-0.1, -0.05) is 12.1 Å². The Labute approximate surface area is 91.2 Å². The minimum Gasteiger partial charge on any atom is -0.381 e. The van der Waals surface area contributed by atoms with Gasteiger partial charge in [0.2, 0.25) is 0 Å². The molecule has 1 atom stereocenters. The second kappa shape index (κ2) is 6.27. The summed E-state index contributed by atoms with van der Waals surface area (Å²) in [5.41, 5.74) is 4.65. The van der Waals surface area contributed by atoms with Crippen molar-refractivity contribution in [3.63, 3.8) is 0 Å². The van der Waals surface area contributed by atoms with Gasteiger partial charge < -0.3 is 16.1 Å². The number of nitrogens with one attached hydrogen (secondary N) is 3. The molecular weight excluding hydrogens is 188 g/mol. The second-order valence-electron chi connectivity index (χ2n) is 3.63. The Hall–Kier alpha value is -1.26. The maximum absolute atomic E-state index is 5.42. The first-order valence-electron chi connectivity index (χ1n) is 5.24. The molecule has 0 bridgehead atoms. The Morgan fingerprint density at radius 2 is 1.93 bits per heavy atom. The fraction of sp³-hybridized carbons (Fsp3) is 0.455. The average molecular weight is 208 g/mol. The van der Waals surface area contributed by atoms with Gasteiger partial charge in [-0.25, -0.2) is 0 Å². The van der Waals surface area contributed by atoms with Crippen LogP contribution in [0.25, 0.3) is 0 Å². The predicted molar refractivity (Wildman–Crippen MR) is 65.9 cm³/mol. The number of nitrogen functional groups attached to an aromatic ring is 1. The van der Waals surface area contributed by atoms with Crippen LogP contribution in [0, 0.1) is 0 Å². The minimum absolute atomic E-state index is 0.423. The molecule has 1 rings (SSSR count). The third-order valence-corrected chi connectivity index (χ3v) is 2.31.